The van der Waals surface area contributed by atoms with Gasteiger partial charge in [0.25, 0.3) is 0 Å². The summed E-state index contributed by atoms with van der Waals surface area (Å²) in [5.41, 5.74) is 2.01. The van der Waals surface area contributed by atoms with Crippen LogP contribution < -0.4 is 5.32 Å². The number of carbonyl (C=O) groups excluding carboxylic acids is 1. The number of carbonyl (C=O) groups is 1. The van der Waals surface area contributed by atoms with Crippen LogP contribution in [-0.2, 0) is 21.2 Å². The average Bonchev–Trinajstić information content (AvgIpc) is 2.45. The Kier molecular flexibility index (Phi) is 5.21. The third-order valence-corrected chi connectivity index (χ3v) is 4.95. The van der Waals surface area contributed by atoms with E-state index in [0.29, 0.717) is 11.6 Å². The predicted molar refractivity (Wildman–Crippen MR) is 86.5 cm³/mol. The van der Waals surface area contributed by atoms with Crippen molar-refractivity contribution in [1.82, 2.24) is 5.32 Å². The number of rotatable bonds is 5. The molecule has 4 nitrogen and oxygen atoms in total. The van der Waals surface area contributed by atoms with Gasteiger partial charge in [-0.25, -0.2) is 8.42 Å². The Balaban J connectivity index is 1.97. The van der Waals surface area contributed by atoms with E-state index in [1.54, 1.807) is 0 Å². The Morgan fingerprint density at radius 1 is 1.14 bits per heavy atom. The van der Waals surface area contributed by atoms with Crippen LogP contribution in [-0.4, -0.2) is 20.1 Å². The maximum absolute atomic E-state index is 12.1. The van der Waals surface area contributed by atoms with Gasteiger partial charge >= 0.3 is 0 Å². The number of sulfone groups is 1. The van der Waals surface area contributed by atoms with E-state index in [4.69, 9.17) is 11.6 Å². The summed E-state index contributed by atoms with van der Waals surface area (Å²) in [6, 6.07) is 13.4. The smallest absolute Gasteiger partial charge is 0.235 e. The second kappa shape index (κ2) is 6.94. The SMILES string of the molecule is Cc1cccc(CNC(=O)CS(=O)(=O)c2ccc(Cl)cc2)c1. The maximum atomic E-state index is 12.1. The largest absolute Gasteiger partial charge is 0.351 e. The third-order valence-electron chi connectivity index (χ3n) is 3.07. The lowest BCUT2D eigenvalue weighted by Gasteiger charge is -2.07. The van der Waals surface area contributed by atoms with Crippen molar-refractivity contribution in [3.05, 3.63) is 64.7 Å². The highest BCUT2D eigenvalue weighted by molar-refractivity contribution is 7.92. The minimum Gasteiger partial charge on any atom is -0.351 e. The van der Waals surface area contributed by atoms with E-state index in [1.165, 1.54) is 24.3 Å². The maximum Gasteiger partial charge on any atom is 0.235 e. The standard InChI is InChI=1S/C16H16ClNO3S/c1-12-3-2-4-13(9-12)10-18-16(19)11-22(20,21)15-7-5-14(17)6-8-15/h2-9H,10-11H2,1H3,(H,18,19). The Hall–Kier alpha value is -1.85. The molecule has 0 saturated carbocycles. The molecule has 2 rings (SSSR count). The highest BCUT2D eigenvalue weighted by Crippen LogP contribution is 2.15. The summed E-state index contributed by atoms with van der Waals surface area (Å²) in [6.07, 6.45) is 0. The normalized spacial score (nSPS) is 11.2. The summed E-state index contributed by atoms with van der Waals surface area (Å²) < 4.78 is 24.2. The molecule has 0 aliphatic rings. The summed E-state index contributed by atoms with van der Waals surface area (Å²) >= 11 is 5.72. The molecule has 0 unspecified atom stereocenters. The zero-order valence-corrected chi connectivity index (χ0v) is 13.6. The molecular weight excluding hydrogens is 322 g/mol. The molecule has 0 spiro atoms. The second-order valence-electron chi connectivity index (χ2n) is 4.98. The van der Waals surface area contributed by atoms with Crippen LogP contribution in [0.1, 0.15) is 11.1 Å². The molecule has 6 heteroatoms. The summed E-state index contributed by atoms with van der Waals surface area (Å²) in [6.45, 7) is 2.26. The molecular formula is C16H16ClNO3S. The molecule has 1 amide bonds. The molecule has 0 radical (unpaired) electrons. The van der Waals surface area contributed by atoms with E-state index in [0.717, 1.165) is 11.1 Å². The zero-order chi connectivity index (χ0) is 16.2. The van der Waals surface area contributed by atoms with Gasteiger partial charge in [0, 0.05) is 11.6 Å². The van der Waals surface area contributed by atoms with Crippen LogP contribution in [0.4, 0.5) is 0 Å². The van der Waals surface area contributed by atoms with Gasteiger partial charge in [-0.05, 0) is 36.8 Å². The minimum absolute atomic E-state index is 0.0857. The van der Waals surface area contributed by atoms with E-state index in [1.807, 2.05) is 31.2 Å². The Morgan fingerprint density at radius 2 is 1.82 bits per heavy atom. The van der Waals surface area contributed by atoms with Crippen molar-refractivity contribution in [2.24, 2.45) is 0 Å². The number of hydrogen-bond donors (Lipinski definition) is 1. The molecule has 116 valence electrons. The third kappa shape index (κ3) is 4.58. The summed E-state index contributed by atoms with van der Waals surface area (Å²) in [5.74, 6) is -1.11. The first-order valence-electron chi connectivity index (χ1n) is 6.67. The predicted octanol–water partition coefficient (Wildman–Crippen LogP) is 2.74. The molecule has 0 aliphatic carbocycles. The van der Waals surface area contributed by atoms with Gasteiger partial charge in [0.15, 0.2) is 9.84 Å². The van der Waals surface area contributed by atoms with E-state index in [-0.39, 0.29) is 4.90 Å². The molecule has 2 aromatic rings. The fraction of sp³-hybridized carbons (Fsp3) is 0.188. The van der Waals surface area contributed by atoms with Gasteiger partial charge in [-0.2, -0.15) is 0 Å². The van der Waals surface area contributed by atoms with E-state index >= 15 is 0 Å². The Labute approximate surface area is 135 Å². The van der Waals surface area contributed by atoms with Gasteiger partial charge in [-0.15, -0.1) is 0 Å². The quantitative estimate of drug-likeness (QED) is 0.912. The van der Waals surface area contributed by atoms with Crippen LogP contribution in [0.5, 0.6) is 0 Å². The lowest BCUT2D eigenvalue weighted by molar-refractivity contribution is -0.118. The van der Waals surface area contributed by atoms with Gasteiger partial charge in [0.2, 0.25) is 5.91 Å². The highest BCUT2D eigenvalue weighted by Gasteiger charge is 2.19. The lowest BCUT2D eigenvalue weighted by atomic mass is 10.1. The van der Waals surface area contributed by atoms with Crippen molar-refractivity contribution in [2.75, 3.05) is 5.75 Å². The van der Waals surface area contributed by atoms with Crippen molar-refractivity contribution >= 4 is 27.3 Å². The molecule has 2 aromatic carbocycles. The molecule has 0 aliphatic heterocycles. The van der Waals surface area contributed by atoms with Gasteiger partial charge in [0.05, 0.1) is 4.90 Å². The summed E-state index contributed by atoms with van der Waals surface area (Å²) in [7, 11) is -3.66. The van der Waals surface area contributed by atoms with Gasteiger partial charge in [-0.3, -0.25) is 4.79 Å². The van der Waals surface area contributed by atoms with Crippen molar-refractivity contribution in [1.29, 1.82) is 0 Å². The number of aryl methyl sites for hydroxylation is 1. The fourth-order valence-corrected chi connectivity index (χ4v) is 3.26. The molecule has 0 aromatic heterocycles. The fourth-order valence-electron chi connectivity index (χ4n) is 1.97. The van der Waals surface area contributed by atoms with Crippen LogP contribution in [0.3, 0.4) is 0 Å². The number of halogens is 1. The van der Waals surface area contributed by atoms with E-state index < -0.39 is 21.5 Å². The first-order chi connectivity index (χ1) is 10.4. The highest BCUT2D eigenvalue weighted by atomic mass is 35.5. The molecule has 1 N–H and O–H groups in total. The second-order valence-corrected chi connectivity index (χ2v) is 7.40. The Morgan fingerprint density at radius 3 is 2.45 bits per heavy atom. The van der Waals surface area contributed by atoms with Crippen molar-refractivity contribution < 1.29 is 13.2 Å². The number of nitrogens with one attached hydrogen (secondary N) is 1. The number of amides is 1. The molecule has 0 fully saturated rings. The topological polar surface area (TPSA) is 63.2 Å². The first kappa shape index (κ1) is 16.5. The van der Waals surface area contributed by atoms with Gasteiger partial charge < -0.3 is 5.32 Å². The average molecular weight is 338 g/mol. The van der Waals surface area contributed by atoms with Crippen molar-refractivity contribution in [3.8, 4) is 0 Å². The van der Waals surface area contributed by atoms with Crippen molar-refractivity contribution in [3.63, 3.8) is 0 Å². The minimum atomic E-state index is -3.66. The molecule has 22 heavy (non-hydrogen) atoms. The molecule has 0 heterocycles. The lowest BCUT2D eigenvalue weighted by Crippen LogP contribution is -2.29. The number of hydrogen-bond acceptors (Lipinski definition) is 3. The van der Waals surface area contributed by atoms with Gasteiger partial charge in [0.1, 0.15) is 5.75 Å². The molecule has 0 bridgehead atoms. The summed E-state index contributed by atoms with van der Waals surface area (Å²) in [4.78, 5) is 11.9. The molecule has 0 saturated heterocycles. The van der Waals surface area contributed by atoms with Crippen LogP contribution in [0.15, 0.2) is 53.4 Å². The Bertz CT molecular complexity index is 770. The first-order valence-corrected chi connectivity index (χ1v) is 8.70. The van der Waals surface area contributed by atoms with Crippen LogP contribution in [0, 0.1) is 6.92 Å². The van der Waals surface area contributed by atoms with Gasteiger partial charge in [-0.1, -0.05) is 41.4 Å². The van der Waals surface area contributed by atoms with Crippen LogP contribution >= 0.6 is 11.6 Å². The summed E-state index contributed by atoms with van der Waals surface area (Å²) in [5, 5.41) is 3.07. The van der Waals surface area contributed by atoms with Crippen LogP contribution in [0.25, 0.3) is 0 Å². The van der Waals surface area contributed by atoms with E-state index in [9.17, 15) is 13.2 Å². The molecule has 0 atom stereocenters. The van der Waals surface area contributed by atoms with Crippen molar-refractivity contribution in [2.45, 2.75) is 18.4 Å². The number of benzene rings is 2. The zero-order valence-electron chi connectivity index (χ0n) is 12.0. The van der Waals surface area contributed by atoms with E-state index in [2.05, 4.69) is 5.32 Å². The van der Waals surface area contributed by atoms with Crippen LogP contribution in [0.2, 0.25) is 5.02 Å². The monoisotopic (exact) mass is 337 g/mol.